The molecule has 1 radical (unpaired) electrons. The van der Waals surface area contributed by atoms with Gasteiger partial charge in [0.1, 0.15) is 0 Å². The molecule has 0 atom stereocenters. The maximum Gasteiger partial charge on any atom is 0.0777 e. The van der Waals surface area contributed by atoms with Gasteiger partial charge in [-0.1, -0.05) is 95.9 Å². The SMILES string of the molecule is Cc1c(-c2[c-]cccc2)ncc2ccccc12.Cc1cc2nc3c4[c-]cccc4c(-c4ccccc4)c(-c4ccccc4)n3c2cc1C.[Ir]. The summed E-state index contributed by atoms with van der Waals surface area (Å²) in [5.74, 6) is 0. The third-order valence-corrected chi connectivity index (χ3v) is 9.21. The van der Waals surface area contributed by atoms with Crippen molar-refractivity contribution >= 4 is 38.2 Å². The molecular formula is C45H33IrN3-2. The van der Waals surface area contributed by atoms with Gasteiger partial charge in [-0.3, -0.25) is 4.98 Å². The minimum atomic E-state index is 0. The van der Waals surface area contributed by atoms with Crippen molar-refractivity contribution in [2.24, 2.45) is 0 Å². The van der Waals surface area contributed by atoms with Crippen molar-refractivity contribution < 1.29 is 20.1 Å². The van der Waals surface area contributed by atoms with Gasteiger partial charge in [-0.15, -0.1) is 65.5 Å². The minimum absolute atomic E-state index is 0. The van der Waals surface area contributed by atoms with Gasteiger partial charge in [-0.05, 0) is 77.2 Å². The molecule has 49 heavy (non-hydrogen) atoms. The molecule has 9 rings (SSSR count). The van der Waals surface area contributed by atoms with E-state index in [2.05, 4.69) is 145 Å². The first kappa shape index (κ1) is 32.2. The number of hydrogen-bond donors (Lipinski definition) is 0. The van der Waals surface area contributed by atoms with Crippen LogP contribution in [0.25, 0.3) is 71.9 Å². The second-order valence-electron chi connectivity index (χ2n) is 12.2. The van der Waals surface area contributed by atoms with Crippen LogP contribution in [0.15, 0.2) is 146 Å². The van der Waals surface area contributed by atoms with Crippen LogP contribution in [0.1, 0.15) is 16.7 Å². The average molecular weight is 808 g/mol. The zero-order chi connectivity index (χ0) is 32.6. The molecule has 239 valence electrons. The molecule has 0 spiro atoms. The molecule has 0 unspecified atom stereocenters. The second kappa shape index (κ2) is 13.6. The largest absolute Gasteiger partial charge is 0.333 e. The Labute approximate surface area is 300 Å². The number of fused-ring (bicyclic) bond motifs is 6. The number of rotatable bonds is 3. The molecule has 9 aromatic rings. The van der Waals surface area contributed by atoms with Crippen molar-refractivity contribution in [1.82, 2.24) is 14.4 Å². The van der Waals surface area contributed by atoms with E-state index < -0.39 is 0 Å². The summed E-state index contributed by atoms with van der Waals surface area (Å²) in [4.78, 5) is 9.64. The van der Waals surface area contributed by atoms with Crippen LogP contribution < -0.4 is 0 Å². The van der Waals surface area contributed by atoms with Gasteiger partial charge in [-0.25, -0.2) is 0 Å². The van der Waals surface area contributed by atoms with E-state index in [0.717, 1.165) is 33.3 Å². The third-order valence-electron chi connectivity index (χ3n) is 9.21. The Morgan fingerprint density at radius 1 is 0.612 bits per heavy atom. The van der Waals surface area contributed by atoms with Gasteiger partial charge in [0.05, 0.1) is 16.7 Å². The van der Waals surface area contributed by atoms with E-state index in [1.54, 1.807) is 0 Å². The Morgan fingerprint density at radius 3 is 2.02 bits per heavy atom. The Kier molecular flexibility index (Phi) is 8.93. The zero-order valence-corrected chi connectivity index (χ0v) is 29.9. The minimum Gasteiger partial charge on any atom is -0.333 e. The maximum absolute atomic E-state index is 5.10. The first-order chi connectivity index (χ1) is 23.6. The summed E-state index contributed by atoms with van der Waals surface area (Å²) in [7, 11) is 0. The molecule has 0 aliphatic rings. The monoisotopic (exact) mass is 808 g/mol. The summed E-state index contributed by atoms with van der Waals surface area (Å²) >= 11 is 0. The molecule has 0 bridgehead atoms. The molecule has 0 aliphatic heterocycles. The Bertz CT molecular complexity index is 2570. The molecule has 0 N–H and O–H groups in total. The zero-order valence-electron chi connectivity index (χ0n) is 27.5. The molecule has 0 saturated heterocycles. The van der Waals surface area contributed by atoms with Crippen LogP contribution >= 0.6 is 0 Å². The fourth-order valence-corrected chi connectivity index (χ4v) is 6.68. The Hall–Kier alpha value is -5.41. The van der Waals surface area contributed by atoms with Crippen LogP contribution in [0, 0.1) is 32.9 Å². The smallest absolute Gasteiger partial charge is 0.0777 e. The van der Waals surface area contributed by atoms with Crippen LogP contribution in [-0.4, -0.2) is 14.4 Å². The molecule has 0 aliphatic carbocycles. The number of pyridine rings is 2. The summed E-state index contributed by atoms with van der Waals surface area (Å²) < 4.78 is 2.33. The van der Waals surface area contributed by atoms with Crippen molar-refractivity contribution in [3.63, 3.8) is 0 Å². The van der Waals surface area contributed by atoms with E-state index in [1.807, 2.05) is 42.6 Å². The predicted octanol–water partition coefficient (Wildman–Crippen LogP) is 11.4. The number of benzene rings is 6. The molecule has 0 saturated carbocycles. The van der Waals surface area contributed by atoms with Crippen molar-refractivity contribution in [3.8, 4) is 33.6 Å². The van der Waals surface area contributed by atoms with Crippen molar-refractivity contribution in [3.05, 3.63) is 175 Å². The van der Waals surface area contributed by atoms with Gasteiger partial charge in [0.25, 0.3) is 0 Å². The maximum atomic E-state index is 5.10. The molecule has 6 aromatic carbocycles. The summed E-state index contributed by atoms with van der Waals surface area (Å²) in [5, 5.41) is 4.66. The molecule has 0 amide bonds. The normalized spacial score (nSPS) is 11.0. The van der Waals surface area contributed by atoms with E-state index in [4.69, 9.17) is 4.98 Å². The number of imidazole rings is 1. The van der Waals surface area contributed by atoms with Crippen LogP contribution in [0.3, 0.4) is 0 Å². The van der Waals surface area contributed by atoms with Crippen LogP contribution in [0.2, 0.25) is 0 Å². The molecule has 3 heterocycles. The fourth-order valence-electron chi connectivity index (χ4n) is 6.68. The van der Waals surface area contributed by atoms with Crippen molar-refractivity contribution in [1.29, 1.82) is 0 Å². The van der Waals surface area contributed by atoms with Crippen LogP contribution in [0.5, 0.6) is 0 Å². The number of nitrogens with zero attached hydrogens (tertiary/aromatic N) is 3. The number of hydrogen-bond acceptors (Lipinski definition) is 2. The van der Waals surface area contributed by atoms with E-state index in [9.17, 15) is 0 Å². The van der Waals surface area contributed by atoms with Gasteiger partial charge in [0.2, 0.25) is 0 Å². The molecule has 3 nitrogen and oxygen atoms in total. The number of aryl methyl sites for hydroxylation is 3. The van der Waals surface area contributed by atoms with E-state index in [1.165, 1.54) is 55.2 Å². The molecule has 4 heteroatoms. The quantitative estimate of drug-likeness (QED) is 0.167. The third kappa shape index (κ3) is 5.84. The first-order valence-electron chi connectivity index (χ1n) is 16.3. The first-order valence-corrected chi connectivity index (χ1v) is 16.3. The standard InChI is InChI=1S/C29H21N2.C16H12N.Ir/c1-19-17-25-26(18-20(19)2)31-28(22-13-7-4-8-14-22)27(21-11-5-3-6-12-21)23-15-9-10-16-24(23)29(31)30-25;1-12-15-10-6-5-9-14(15)11-17-16(12)13-7-3-2-4-8-13;/h3-15,17-18H,1-2H3;2-7,9-11H,1H3;/q2*-1;. The van der Waals surface area contributed by atoms with Crippen LogP contribution in [-0.2, 0) is 20.1 Å². The van der Waals surface area contributed by atoms with Gasteiger partial charge in [0, 0.05) is 32.0 Å². The van der Waals surface area contributed by atoms with E-state index in [-0.39, 0.29) is 20.1 Å². The number of aromatic nitrogens is 3. The Morgan fingerprint density at radius 2 is 1.27 bits per heavy atom. The summed E-state index contributed by atoms with van der Waals surface area (Å²) in [5.41, 5.74) is 13.7. The van der Waals surface area contributed by atoms with Gasteiger partial charge < -0.3 is 9.38 Å². The topological polar surface area (TPSA) is 30.2 Å². The molecular weight excluding hydrogens is 775 g/mol. The Balaban J connectivity index is 0.000000178. The van der Waals surface area contributed by atoms with Crippen LogP contribution in [0.4, 0.5) is 0 Å². The summed E-state index contributed by atoms with van der Waals surface area (Å²) in [6.45, 7) is 6.43. The van der Waals surface area contributed by atoms with Gasteiger partial charge >= 0.3 is 0 Å². The molecule has 0 fully saturated rings. The fraction of sp³-hybridized carbons (Fsp3) is 0.0667. The second-order valence-corrected chi connectivity index (χ2v) is 12.2. The van der Waals surface area contributed by atoms with Gasteiger partial charge in [0.15, 0.2) is 0 Å². The van der Waals surface area contributed by atoms with E-state index >= 15 is 0 Å². The van der Waals surface area contributed by atoms with Gasteiger partial charge in [-0.2, -0.15) is 0 Å². The molecule has 3 aromatic heterocycles. The average Bonchev–Trinajstić information content (AvgIpc) is 3.50. The van der Waals surface area contributed by atoms with Crippen molar-refractivity contribution in [2.45, 2.75) is 20.8 Å². The van der Waals surface area contributed by atoms with Crippen molar-refractivity contribution in [2.75, 3.05) is 0 Å². The summed E-state index contributed by atoms with van der Waals surface area (Å²) in [6.07, 6.45) is 1.93. The van der Waals surface area contributed by atoms with E-state index in [0.29, 0.717) is 0 Å². The predicted molar refractivity (Wildman–Crippen MR) is 200 cm³/mol. The summed E-state index contributed by atoms with van der Waals surface area (Å²) in [6, 6.07) is 55.0.